The second kappa shape index (κ2) is 4.65. The largest absolute Gasteiger partial charge is 0.496 e. The number of hydrogen-bond donors (Lipinski definition) is 0. The monoisotopic (exact) mass is 194 g/mol. The van der Waals surface area contributed by atoms with Gasteiger partial charge in [-0.05, 0) is 18.6 Å². The number of esters is 1. The van der Waals surface area contributed by atoms with Crippen LogP contribution in [0, 0.1) is 6.92 Å². The van der Waals surface area contributed by atoms with Gasteiger partial charge in [-0.15, -0.1) is 0 Å². The molecule has 0 amide bonds. The highest BCUT2D eigenvalue weighted by atomic mass is 16.5. The topological polar surface area (TPSA) is 35.5 Å². The van der Waals surface area contributed by atoms with Gasteiger partial charge in [0.25, 0.3) is 0 Å². The van der Waals surface area contributed by atoms with Crippen molar-refractivity contribution in [3.8, 4) is 5.75 Å². The SMILES string of the molecule is COC(=O)Cc1c(C)cccc1OC. The number of benzene rings is 1. The van der Waals surface area contributed by atoms with E-state index in [9.17, 15) is 4.79 Å². The highest BCUT2D eigenvalue weighted by Crippen LogP contribution is 2.22. The lowest BCUT2D eigenvalue weighted by atomic mass is 10.0. The van der Waals surface area contributed by atoms with Crippen LogP contribution in [0.25, 0.3) is 0 Å². The molecule has 1 aromatic rings. The first-order valence-electron chi connectivity index (χ1n) is 4.38. The molecule has 0 radical (unpaired) electrons. The number of aryl methyl sites for hydroxylation is 1. The average Bonchev–Trinajstić information content (AvgIpc) is 2.20. The lowest BCUT2D eigenvalue weighted by Crippen LogP contribution is -2.07. The normalized spacial score (nSPS) is 9.64. The minimum absolute atomic E-state index is 0.252. The van der Waals surface area contributed by atoms with Crippen molar-refractivity contribution >= 4 is 5.97 Å². The summed E-state index contributed by atoms with van der Waals surface area (Å²) in [5, 5.41) is 0. The van der Waals surface area contributed by atoms with Crippen LogP contribution in [0.1, 0.15) is 11.1 Å². The molecule has 0 aliphatic carbocycles. The van der Waals surface area contributed by atoms with Crippen molar-refractivity contribution in [1.82, 2.24) is 0 Å². The zero-order valence-corrected chi connectivity index (χ0v) is 8.66. The van der Waals surface area contributed by atoms with Crippen molar-refractivity contribution in [2.45, 2.75) is 13.3 Å². The van der Waals surface area contributed by atoms with Gasteiger partial charge in [0.1, 0.15) is 5.75 Å². The van der Waals surface area contributed by atoms with Crippen LogP contribution in [0.2, 0.25) is 0 Å². The van der Waals surface area contributed by atoms with Gasteiger partial charge in [-0.2, -0.15) is 0 Å². The average molecular weight is 194 g/mol. The maximum atomic E-state index is 11.1. The Labute approximate surface area is 83.6 Å². The third kappa shape index (κ3) is 2.25. The minimum Gasteiger partial charge on any atom is -0.496 e. The molecule has 0 unspecified atom stereocenters. The predicted octanol–water partition coefficient (Wildman–Crippen LogP) is 1.72. The summed E-state index contributed by atoms with van der Waals surface area (Å²) in [6.45, 7) is 1.95. The highest BCUT2D eigenvalue weighted by Gasteiger charge is 2.10. The van der Waals surface area contributed by atoms with Crippen LogP contribution in [0.4, 0.5) is 0 Å². The van der Waals surface area contributed by atoms with E-state index in [4.69, 9.17) is 4.74 Å². The molecule has 0 saturated carbocycles. The molecule has 0 N–H and O–H groups in total. The number of ether oxygens (including phenoxy) is 2. The zero-order valence-electron chi connectivity index (χ0n) is 8.66. The Hall–Kier alpha value is -1.51. The molecule has 0 spiro atoms. The van der Waals surface area contributed by atoms with Crippen molar-refractivity contribution in [3.05, 3.63) is 29.3 Å². The Balaban J connectivity index is 2.98. The lowest BCUT2D eigenvalue weighted by Gasteiger charge is -2.09. The van der Waals surface area contributed by atoms with Gasteiger partial charge >= 0.3 is 5.97 Å². The molecule has 0 aliphatic heterocycles. The minimum atomic E-state index is -0.252. The first-order valence-corrected chi connectivity index (χ1v) is 4.38. The molecule has 0 bridgehead atoms. The molecule has 3 heteroatoms. The number of rotatable bonds is 3. The summed E-state index contributed by atoms with van der Waals surface area (Å²) < 4.78 is 9.78. The van der Waals surface area contributed by atoms with Gasteiger partial charge in [0, 0.05) is 5.56 Å². The van der Waals surface area contributed by atoms with E-state index in [1.54, 1.807) is 7.11 Å². The summed E-state index contributed by atoms with van der Waals surface area (Å²) in [5.41, 5.74) is 1.93. The van der Waals surface area contributed by atoms with Crippen molar-refractivity contribution in [3.63, 3.8) is 0 Å². The van der Waals surface area contributed by atoms with E-state index in [1.807, 2.05) is 25.1 Å². The summed E-state index contributed by atoms with van der Waals surface area (Å²) in [4.78, 5) is 11.1. The van der Waals surface area contributed by atoms with Crippen LogP contribution in [0.15, 0.2) is 18.2 Å². The zero-order chi connectivity index (χ0) is 10.6. The van der Waals surface area contributed by atoms with Crippen molar-refractivity contribution in [2.24, 2.45) is 0 Å². The third-order valence-electron chi connectivity index (χ3n) is 2.14. The fraction of sp³-hybridized carbons (Fsp3) is 0.364. The molecule has 1 aromatic carbocycles. The van der Waals surface area contributed by atoms with Crippen LogP contribution in [0.3, 0.4) is 0 Å². The summed E-state index contributed by atoms with van der Waals surface area (Å²) in [6.07, 6.45) is 0.256. The van der Waals surface area contributed by atoms with E-state index in [0.717, 1.165) is 16.9 Å². The fourth-order valence-electron chi connectivity index (χ4n) is 1.31. The molecule has 1 rings (SSSR count). The van der Waals surface area contributed by atoms with E-state index in [1.165, 1.54) is 7.11 Å². The Kier molecular flexibility index (Phi) is 3.51. The Morgan fingerprint density at radius 1 is 1.36 bits per heavy atom. The number of carbonyl (C=O) groups excluding carboxylic acids is 1. The molecular formula is C11H14O3. The molecule has 0 heterocycles. The molecular weight excluding hydrogens is 180 g/mol. The molecule has 3 nitrogen and oxygen atoms in total. The molecule has 0 aliphatic rings. The van der Waals surface area contributed by atoms with Crippen LogP contribution < -0.4 is 4.74 Å². The molecule has 76 valence electrons. The Morgan fingerprint density at radius 2 is 2.07 bits per heavy atom. The number of hydrogen-bond acceptors (Lipinski definition) is 3. The number of methoxy groups -OCH3 is 2. The number of carbonyl (C=O) groups is 1. The van der Waals surface area contributed by atoms with Gasteiger partial charge in [0.2, 0.25) is 0 Å². The molecule has 14 heavy (non-hydrogen) atoms. The van der Waals surface area contributed by atoms with Gasteiger partial charge < -0.3 is 9.47 Å². The first-order chi connectivity index (χ1) is 6.69. The van der Waals surface area contributed by atoms with E-state index in [0.29, 0.717) is 0 Å². The Bertz CT molecular complexity index is 331. The highest BCUT2D eigenvalue weighted by molar-refractivity contribution is 5.74. The lowest BCUT2D eigenvalue weighted by molar-refractivity contribution is -0.139. The fourth-order valence-corrected chi connectivity index (χ4v) is 1.31. The van der Waals surface area contributed by atoms with Gasteiger partial charge in [0.15, 0.2) is 0 Å². The van der Waals surface area contributed by atoms with Crippen molar-refractivity contribution < 1.29 is 14.3 Å². The van der Waals surface area contributed by atoms with Crippen LogP contribution in [-0.4, -0.2) is 20.2 Å². The first kappa shape index (κ1) is 10.6. The second-order valence-electron chi connectivity index (χ2n) is 3.01. The predicted molar refractivity (Wildman–Crippen MR) is 53.5 cm³/mol. The maximum Gasteiger partial charge on any atom is 0.310 e. The molecule has 0 atom stereocenters. The Morgan fingerprint density at radius 3 is 2.64 bits per heavy atom. The third-order valence-corrected chi connectivity index (χ3v) is 2.14. The van der Waals surface area contributed by atoms with Gasteiger partial charge in [-0.25, -0.2) is 0 Å². The van der Waals surface area contributed by atoms with Crippen LogP contribution in [0.5, 0.6) is 5.75 Å². The summed E-state index contributed by atoms with van der Waals surface area (Å²) >= 11 is 0. The smallest absolute Gasteiger partial charge is 0.310 e. The van der Waals surface area contributed by atoms with Crippen molar-refractivity contribution in [2.75, 3.05) is 14.2 Å². The van der Waals surface area contributed by atoms with E-state index < -0.39 is 0 Å². The second-order valence-corrected chi connectivity index (χ2v) is 3.01. The summed E-state index contributed by atoms with van der Waals surface area (Å²) in [5.74, 6) is 0.480. The van der Waals surface area contributed by atoms with Gasteiger partial charge in [-0.1, -0.05) is 12.1 Å². The van der Waals surface area contributed by atoms with E-state index in [-0.39, 0.29) is 12.4 Å². The maximum absolute atomic E-state index is 11.1. The quantitative estimate of drug-likeness (QED) is 0.687. The van der Waals surface area contributed by atoms with Crippen LogP contribution >= 0.6 is 0 Å². The molecule has 0 aromatic heterocycles. The van der Waals surface area contributed by atoms with Crippen LogP contribution in [-0.2, 0) is 16.0 Å². The molecule has 0 saturated heterocycles. The molecule has 0 fully saturated rings. The van der Waals surface area contributed by atoms with Gasteiger partial charge in [0.05, 0.1) is 20.6 Å². The summed E-state index contributed by atoms with van der Waals surface area (Å²) in [7, 11) is 2.97. The van der Waals surface area contributed by atoms with Crippen molar-refractivity contribution in [1.29, 1.82) is 0 Å². The van der Waals surface area contributed by atoms with Gasteiger partial charge in [-0.3, -0.25) is 4.79 Å². The summed E-state index contributed by atoms with van der Waals surface area (Å²) in [6, 6.07) is 5.68. The van der Waals surface area contributed by atoms with E-state index in [2.05, 4.69) is 4.74 Å². The van der Waals surface area contributed by atoms with E-state index >= 15 is 0 Å². The standard InChI is InChI=1S/C11H14O3/c1-8-5-4-6-10(13-2)9(8)7-11(12)14-3/h4-6H,7H2,1-3H3.